The number of aryl methyl sites for hydroxylation is 3. The molecule has 0 bridgehead atoms. The summed E-state index contributed by atoms with van der Waals surface area (Å²) in [5, 5.41) is 4.18. The third kappa shape index (κ3) is 3.07. The van der Waals surface area contributed by atoms with E-state index in [0.29, 0.717) is 19.0 Å². The summed E-state index contributed by atoms with van der Waals surface area (Å²) in [5.41, 5.74) is 3.69. The maximum absolute atomic E-state index is 13.2. The number of hydrogen-bond acceptors (Lipinski definition) is 4. The van der Waals surface area contributed by atoms with Crippen molar-refractivity contribution in [2.24, 2.45) is 0 Å². The van der Waals surface area contributed by atoms with E-state index in [1.807, 2.05) is 0 Å². The number of nitrogens with zero attached hydrogens (tertiary/aromatic N) is 2. The summed E-state index contributed by atoms with van der Waals surface area (Å²) in [6, 6.07) is 8.39. The van der Waals surface area contributed by atoms with E-state index in [2.05, 4.69) is 43.1 Å². The Bertz CT molecular complexity index is 1010. The van der Waals surface area contributed by atoms with Crippen LogP contribution in [-0.4, -0.2) is 9.55 Å². The largest absolute Gasteiger partial charge is 0.351 e. The number of rotatable bonds is 5. The first-order chi connectivity index (χ1) is 12.7. The molecule has 1 aromatic carbocycles. The van der Waals surface area contributed by atoms with Crippen molar-refractivity contribution < 1.29 is 0 Å². The average molecular weight is 366 g/mol. The van der Waals surface area contributed by atoms with Gasteiger partial charge in [-0.1, -0.05) is 35.9 Å². The molecule has 1 aliphatic rings. The molecule has 0 atom stereocenters. The van der Waals surface area contributed by atoms with Crippen molar-refractivity contribution >= 4 is 27.5 Å². The second kappa shape index (κ2) is 7.08. The number of anilines is 1. The molecule has 5 heteroatoms. The zero-order chi connectivity index (χ0) is 18.1. The van der Waals surface area contributed by atoms with Crippen LogP contribution >= 0.6 is 11.3 Å². The Morgan fingerprint density at radius 2 is 2.04 bits per heavy atom. The zero-order valence-corrected chi connectivity index (χ0v) is 15.9. The van der Waals surface area contributed by atoms with Crippen LogP contribution in [0.5, 0.6) is 0 Å². The van der Waals surface area contributed by atoms with Gasteiger partial charge in [0.2, 0.25) is 5.95 Å². The number of fused-ring (bicyclic) bond motifs is 3. The summed E-state index contributed by atoms with van der Waals surface area (Å²) in [5.74, 6) is 0.626. The van der Waals surface area contributed by atoms with Crippen LogP contribution in [0.15, 0.2) is 41.7 Å². The van der Waals surface area contributed by atoms with Gasteiger partial charge in [-0.25, -0.2) is 4.98 Å². The molecule has 0 spiro atoms. The molecule has 0 radical (unpaired) electrons. The van der Waals surface area contributed by atoms with Crippen molar-refractivity contribution in [2.45, 2.75) is 45.7 Å². The SMILES string of the molecule is C=CCn1c(NCc2ccc(C)cc2)nc2sc3c(c2c1=O)CCCC3. The van der Waals surface area contributed by atoms with E-state index in [1.54, 1.807) is 22.0 Å². The first-order valence-electron chi connectivity index (χ1n) is 9.13. The van der Waals surface area contributed by atoms with Crippen LogP contribution in [0.4, 0.5) is 5.95 Å². The lowest BCUT2D eigenvalue weighted by atomic mass is 9.97. The molecule has 4 nitrogen and oxygen atoms in total. The lowest BCUT2D eigenvalue weighted by Crippen LogP contribution is -2.25. The van der Waals surface area contributed by atoms with Gasteiger partial charge >= 0.3 is 0 Å². The van der Waals surface area contributed by atoms with Crippen molar-refractivity contribution in [3.8, 4) is 0 Å². The quantitative estimate of drug-likeness (QED) is 0.680. The van der Waals surface area contributed by atoms with E-state index in [9.17, 15) is 4.79 Å². The number of aromatic nitrogens is 2. The Morgan fingerprint density at radius 3 is 2.81 bits per heavy atom. The fourth-order valence-corrected chi connectivity index (χ4v) is 4.81. The summed E-state index contributed by atoms with van der Waals surface area (Å²) in [7, 11) is 0. The van der Waals surface area contributed by atoms with Gasteiger partial charge in [0, 0.05) is 18.0 Å². The van der Waals surface area contributed by atoms with Gasteiger partial charge in [-0.2, -0.15) is 0 Å². The summed E-state index contributed by atoms with van der Waals surface area (Å²) >= 11 is 1.69. The van der Waals surface area contributed by atoms with Gasteiger partial charge < -0.3 is 5.32 Å². The smallest absolute Gasteiger partial charge is 0.264 e. The third-order valence-corrected chi connectivity index (χ3v) is 6.14. The molecule has 0 saturated heterocycles. The highest BCUT2D eigenvalue weighted by molar-refractivity contribution is 7.18. The summed E-state index contributed by atoms with van der Waals surface area (Å²) in [4.78, 5) is 20.2. The lowest BCUT2D eigenvalue weighted by molar-refractivity contribution is 0.698. The molecule has 2 aromatic heterocycles. The van der Waals surface area contributed by atoms with Crippen molar-refractivity contribution in [2.75, 3.05) is 5.32 Å². The highest BCUT2D eigenvalue weighted by atomic mass is 32.1. The molecule has 4 rings (SSSR count). The second-order valence-corrected chi connectivity index (χ2v) is 7.95. The molecular weight excluding hydrogens is 342 g/mol. The Labute approximate surface area is 157 Å². The maximum atomic E-state index is 13.2. The molecule has 0 fully saturated rings. The lowest BCUT2D eigenvalue weighted by Gasteiger charge is -2.14. The molecule has 134 valence electrons. The zero-order valence-electron chi connectivity index (χ0n) is 15.0. The van der Waals surface area contributed by atoms with Crippen LogP contribution in [0.1, 0.15) is 34.4 Å². The highest BCUT2D eigenvalue weighted by Gasteiger charge is 2.21. The van der Waals surface area contributed by atoms with Crippen molar-refractivity contribution in [1.29, 1.82) is 0 Å². The minimum absolute atomic E-state index is 0.0562. The van der Waals surface area contributed by atoms with Crippen LogP contribution in [0.3, 0.4) is 0 Å². The summed E-state index contributed by atoms with van der Waals surface area (Å²) in [6.07, 6.45) is 6.19. The monoisotopic (exact) mass is 365 g/mol. The molecule has 0 amide bonds. The maximum Gasteiger partial charge on any atom is 0.264 e. The van der Waals surface area contributed by atoms with Gasteiger partial charge in [-0.05, 0) is 43.7 Å². The van der Waals surface area contributed by atoms with Gasteiger partial charge in [-0.15, -0.1) is 17.9 Å². The van der Waals surface area contributed by atoms with E-state index in [0.717, 1.165) is 29.5 Å². The first-order valence-corrected chi connectivity index (χ1v) is 9.94. The number of nitrogens with one attached hydrogen (secondary N) is 1. The van der Waals surface area contributed by atoms with E-state index < -0.39 is 0 Å². The van der Waals surface area contributed by atoms with Crippen LogP contribution in [0.25, 0.3) is 10.2 Å². The topological polar surface area (TPSA) is 46.9 Å². The Kier molecular flexibility index (Phi) is 4.64. The van der Waals surface area contributed by atoms with Crippen LogP contribution in [0.2, 0.25) is 0 Å². The molecule has 0 aliphatic heterocycles. The average Bonchev–Trinajstić information content (AvgIpc) is 3.02. The summed E-state index contributed by atoms with van der Waals surface area (Å²) < 4.78 is 1.71. The standard InChI is InChI=1S/C21H23N3OS/c1-3-12-24-20(25)18-16-6-4-5-7-17(16)26-19(18)23-21(24)22-13-15-10-8-14(2)9-11-15/h3,8-11H,1,4-7,12-13H2,2H3,(H,22,23). The molecular formula is C21H23N3OS. The molecule has 0 saturated carbocycles. The fraction of sp³-hybridized carbons (Fsp3) is 0.333. The highest BCUT2D eigenvalue weighted by Crippen LogP contribution is 2.34. The normalized spacial score (nSPS) is 13.6. The number of allylic oxidation sites excluding steroid dienone is 1. The van der Waals surface area contributed by atoms with Gasteiger partial charge in [-0.3, -0.25) is 9.36 Å². The Balaban J connectivity index is 1.75. The predicted molar refractivity (Wildman–Crippen MR) is 109 cm³/mol. The number of thiophene rings is 1. The van der Waals surface area contributed by atoms with Crippen molar-refractivity contribution in [3.63, 3.8) is 0 Å². The van der Waals surface area contributed by atoms with Gasteiger partial charge in [0.1, 0.15) is 4.83 Å². The molecule has 1 aliphatic carbocycles. The number of benzene rings is 1. The molecule has 1 N–H and O–H groups in total. The third-order valence-electron chi connectivity index (χ3n) is 4.96. The van der Waals surface area contributed by atoms with Crippen molar-refractivity contribution in [1.82, 2.24) is 9.55 Å². The molecule has 3 aromatic rings. The molecule has 26 heavy (non-hydrogen) atoms. The number of hydrogen-bond donors (Lipinski definition) is 1. The van der Waals surface area contributed by atoms with E-state index in [4.69, 9.17) is 4.98 Å². The summed E-state index contributed by atoms with van der Waals surface area (Å²) in [6.45, 7) is 6.99. The molecule has 0 unspecified atom stereocenters. The minimum Gasteiger partial charge on any atom is -0.351 e. The van der Waals surface area contributed by atoms with E-state index in [-0.39, 0.29) is 5.56 Å². The van der Waals surface area contributed by atoms with E-state index in [1.165, 1.54) is 28.0 Å². The minimum atomic E-state index is 0.0562. The van der Waals surface area contributed by atoms with Crippen LogP contribution in [0, 0.1) is 6.92 Å². The van der Waals surface area contributed by atoms with Gasteiger partial charge in [0.05, 0.1) is 5.39 Å². The van der Waals surface area contributed by atoms with Gasteiger partial charge in [0.25, 0.3) is 5.56 Å². The predicted octanol–water partition coefficient (Wildman–Crippen LogP) is 4.44. The second-order valence-electron chi connectivity index (χ2n) is 6.87. The Morgan fingerprint density at radius 1 is 1.27 bits per heavy atom. The molecule has 2 heterocycles. The Hall–Kier alpha value is -2.40. The fourth-order valence-electron chi connectivity index (χ4n) is 3.56. The van der Waals surface area contributed by atoms with Crippen molar-refractivity contribution in [3.05, 3.63) is 68.8 Å². The van der Waals surface area contributed by atoms with Crippen LogP contribution < -0.4 is 10.9 Å². The van der Waals surface area contributed by atoms with Gasteiger partial charge in [0.15, 0.2) is 0 Å². The van der Waals surface area contributed by atoms with E-state index >= 15 is 0 Å². The first kappa shape index (κ1) is 17.0. The van der Waals surface area contributed by atoms with Crippen LogP contribution in [-0.2, 0) is 25.9 Å².